The minimum absolute atomic E-state index is 0.0605. The number of carbonyl (C=O) groups excluding carboxylic acids is 1. The third-order valence-electron chi connectivity index (χ3n) is 4.67. The molecule has 0 saturated heterocycles. The first-order valence-corrected chi connectivity index (χ1v) is 8.68. The minimum atomic E-state index is -0.440. The Morgan fingerprint density at radius 1 is 1.08 bits per heavy atom. The molecule has 0 radical (unpaired) electrons. The van der Waals surface area contributed by atoms with Crippen LogP contribution in [0.5, 0.6) is 0 Å². The highest BCUT2D eigenvalue weighted by Gasteiger charge is 2.14. The normalized spacial score (nSPS) is 12.1. The number of ether oxygens (including phenoxy) is 1. The Balaban J connectivity index is 1.74. The third kappa shape index (κ3) is 4.02. The van der Waals surface area contributed by atoms with Crippen LogP contribution in [0.25, 0.3) is 11.0 Å². The number of aryl methyl sites for hydroxylation is 2. The lowest BCUT2D eigenvalue weighted by molar-refractivity contribution is -0.145. The largest absolute Gasteiger partial charge is 0.461 e. The van der Waals surface area contributed by atoms with E-state index in [-0.39, 0.29) is 18.5 Å². The number of benzene rings is 2. The first kappa shape index (κ1) is 17.9. The van der Waals surface area contributed by atoms with Crippen LogP contribution in [-0.2, 0) is 16.1 Å². The number of hydrogen-bond donors (Lipinski definition) is 0. The number of hydrogen-bond acceptors (Lipinski definition) is 4. The Morgan fingerprint density at radius 2 is 1.77 bits per heavy atom. The molecule has 1 heterocycles. The lowest BCUT2D eigenvalue weighted by Crippen LogP contribution is -2.10. The van der Waals surface area contributed by atoms with Gasteiger partial charge in [-0.2, -0.15) is 0 Å². The molecule has 1 aromatic heterocycles. The Kier molecular flexibility index (Phi) is 5.21. The maximum Gasteiger partial charge on any atom is 0.336 e. The molecule has 26 heavy (non-hydrogen) atoms. The summed E-state index contributed by atoms with van der Waals surface area (Å²) in [6.07, 6.45) is 0.293. The topological polar surface area (TPSA) is 56.5 Å². The predicted molar refractivity (Wildman–Crippen MR) is 101 cm³/mol. The molecule has 0 aliphatic carbocycles. The van der Waals surface area contributed by atoms with E-state index in [1.54, 1.807) is 0 Å². The minimum Gasteiger partial charge on any atom is -0.461 e. The fraction of sp³-hybridized carbons (Fsp3) is 0.273. The van der Waals surface area contributed by atoms with Crippen LogP contribution in [0.2, 0.25) is 0 Å². The molecule has 2 aromatic carbocycles. The van der Waals surface area contributed by atoms with Gasteiger partial charge in [-0.05, 0) is 48.6 Å². The zero-order valence-corrected chi connectivity index (χ0v) is 15.2. The molecule has 134 valence electrons. The third-order valence-corrected chi connectivity index (χ3v) is 4.67. The van der Waals surface area contributed by atoms with E-state index in [1.807, 2.05) is 63.2 Å². The second-order valence-corrected chi connectivity index (χ2v) is 6.70. The van der Waals surface area contributed by atoms with Gasteiger partial charge in [-0.3, -0.25) is 4.79 Å². The van der Waals surface area contributed by atoms with Crippen molar-refractivity contribution in [3.63, 3.8) is 0 Å². The number of esters is 1. The molecule has 1 atom stereocenters. The van der Waals surface area contributed by atoms with Crippen LogP contribution in [0.1, 0.15) is 41.5 Å². The van der Waals surface area contributed by atoms with Gasteiger partial charge in [0.2, 0.25) is 0 Å². The number of carbonyl (C=O) groups is 1. The lowest BCUT2D eigenvalue weighted by atomic mass is 9.98. The molecule has 0 bridgehead atoms. The summed E-state index contributed by atoms with van der Waals surface area (Å²) in [5, 5.41) is 0.802. The summed E-state index contributed by atoms with van der Waals surface area (Å²) >= 11 is 0. The molecular formula is C22H22O4. The Bertz CT molecular complexity index is 986. The van der Waals surface area contributed by atoms with Gasteiger partial charge in [-0.15, -0.1) is 0 Å². The molecule has 3 rings (SSSR count). The van der Waals surface area contributed by atoms with Crippen LogP contribution in [0.15, 0.2) is 57.7 Å². The Morgan fingerprint density at radius 3 is 2.50 bits per heavy atom. The Hall–Kier alpha value is -2.88. The Labute approximate surface area is 152 Å². The van der Waals surface area contributed by atoms with Gasteiger partial charge in [0.25, 0.3) is 0 Å². The molecule has 3 aromatic rings. The summed E-state index contributed by atoms with van der Waals surface area (Å²) in [6, 6.07) is 15.1. The van der Waals surface area contributed by atoms with Crippen LogP contribution in [0, 0.1) is 13.8 Å². The molecule has 0 aliphatic rings. The van der Waals surface area contributed by atoms with Crippen molar-refractivity contribution in [2.24, 2.45) is 0 Å². The summed E-state index contributed by atoms with van der Waals surface area (Å²) in [4.78, 5) is 24.0. The highest BCUT2D eigenvalue weighted by Crippen LogP contribution is 2.23. The highest BCUT2D eigenvalue weighted by atomic mass is 16.5. The van der Waals surface area contributed by atoms with E-state index in [1.165, 1.54) is 6.07 Å². The first-order chi connectivity index (χ1) is 12.4. The average molecular weight is 350 g/mol. The summed E-state index contributed by atoms with van der Waals surface area (Å²) in [5.74, 6) is -0.210. The maximum absolute atomic E-state index is 12.2. The summed E-state index contributed by atoms with van der Waals surface area (Å²) in [5.41, 5.74) is 3.98. The predicted octanol–water partition coefficient (Wildman–Crippen LogP) is 4.65. The van der Waals surface area contributed by atoms with Crippen LogP contribution >= 0.6 is 0 Å². The van der Waals surface area contributed by atoms with Crippen molar-refractivity contribution in [3.05, 3.63) is 81.2 Å². The molecule has 0 amide bonds. The van der Waals surface area contributed by atoms with Crippen molar-refractivity contribution in [1.82, 2.24) is 0 Å². The van der Waals surface area contributed by atoms with Gasteiger partial charge >= 0.3 is 11.6 Å². The van der Waals surface area contributed by atoms with Gasteiger partial charge in [0.05, 0.1) is 6.42 Å². The van der Waals surface area contributed by atoms with Gasteiger partial charge in [0.1, 0.15) is 12.2 Å². The van der Waals surface area contributed by atoms with Gasteiger partial charge in [0.15, 0.2) is 0 Å². The van der Waals surface area contributed by atoms with E-state index in [2.05, 4.69) is 0 Å². The fourth-order valence-corrected chi connectivity index (χ4v) is 2.97. The molecule has 0 unspecified atom stereocenters. The summed E-state index contributed by atoms with van der Waals surface area (Å²) in [6.45, 7) is 6.02. The second kappa shape index (κ2) is 7.56. The maximum atomic E-state index is 12.2. The summed E-state index contributed by atoms with van der Waals surface area (Å²) < 4.78 is 10.7. The zero-order chi connectivity index (χ0) is 18.7. The van der Waals surface area contributed by atoms with Crippen LogP contribution in [0.3, 0.4) is 0 Å². The molecule has 0 saturated carbocycles. The molecular weight excluding hydrogens is 328 g/mol. The van der Waals surface area contributed by atoms with Crippen molar-refractivity contribution >= 4 is 16.9 Å². The lowest BCUT2D eigenvalue weighted by Gasteiger charge is -2.12. The fourth-order valence-electron chi connectivity index (χ4n) is 2.97. The monoisotopic (exact) mass is 350 g/mol. The van der Waals surface area contributed by atoms with E-state index in [0.29, 0.717) is 17.6 Å². The van der Waals surface area contributed by atoms with E-state index >= 15 is 0 Å². The SMILES string of the molecule is Cc1cc2oc(=O)cc(COC(=O)C[C@H](C)c3ccccc3)c2cc1C. The number of fused-ring (bicyclic) bond motifs is 1. The van der Waals surface area contributed by atoms with Gasteiger partial charge in [0, 0.05) is 17.0 Å². The smallest absolute Gasteiger partial charge is 0.336 e. The van der Waals surface area contributed by atoms with Crippen molar-refractivity contribution in [3.8, 4) is 0 Å². The van der Waals surface area contributed by atoms with Crippen molar-refractivity contribution in [2.75, 3.05) is 0 Å². The van der Waals surface area contributed by atoms with Gasteiger partial charge < -0.3 is 9.15 Å². The van der Waals surface area contributed by atoms with E-state index in [4.69, 9.17) is 9.15 Å². The highest BCUT2D eigenvalue weighted by molar-refractivity contribution is 5.82. The van der Waals surface area contributed by atoms with Crippen molar-refractivity contribution in [1.29, 1.82) is 0 Å². The van der Waals surface area contributed by atoms with Crippen LogP contribution in [0.4, 0.5) is 0 Å². The van der Waals surface area contributed by atoms with Crippen LogP contribution in [-0.4, -0.2) is 5.97 Å². The van der Waals surface area contributed by atoms with Crippen molar-refractivity contribution < 1.29 is 13.9 Å². The molecule has 0 N–H and O–H groups in total. The van der Waals surface area contributed by atoms with Crippen LogP contribution < -0.4 is 5.63 Å². The molecule has 0 fully saturated rings. The molecule has 4 heteroatoms. The van der Waals surface area contributed by atoms with E-state index in [9.17, 15) is 9.59 Å². The first-order valence-electron chi connectivity index (χ1n) is 8.68. The molecule has 0 aliphatic heterocycles. The molecule has 4 nitrogen and oxygen atoms in total. The van der Waals surface area contributed by atoms with Gasteiger partial charge in [-0.25, -0.2) is 4.79 Å². The summed E-state index contributed by atoms with van der Waals surface area (Å²) in [7, 11) is 0. The number of rotatable bonds is 5. The standard InChI is InChI=1S/C22H22O4/c1-14-9-19-18(12-22(24)26-20(19)10-15(14)2)13-25-21(23)11-16(3)17-7-5-4-6-8-17/h4-10,12,16H,11,13H2,1-3H3/t16-/m0/s1. The quantitative estimate of drug-likeness (QED) is 0.496. The van der Waals surface area contributed by atoms with Crippen molar-refractivity contribution in [2.45, 2.75) is 39.7 Å². The zero-order valence-electron chi connectivity index (χ0n) is 15.2. The van der Waals surface area contributed by atoms with Gasteiger partial charge in [-0.1, -0.05) is 37.3 Å². The second-order valence-electron chi connectivity index (χ2n) is 6.70. The average Bonchev–Trinajstić information content (AvgIpc) is 2.62. The molecule has 0 spiro atoms. The van der Waals surface area contributed by atoms with E-state index < -0.39 is 5.63 Å². The van der Waals surface area contributed by atoms with E-state index in [0.717, 1.165) is 22.1 Å².